The van der Waals surface area contributed by atoms with Gasteiger partial charge in [0.25, 0.3) is 0 Å². The largest absolute Gasteiger partial charge is 0.478 e. The van der Waals surface area contributed by atoms with Crippen LogP contribution in [0.1, 0.15) is 23.2 Å². The zero-order valence-corrected chi connectivity index (χ0v) is 11.1. The number of unbranched alkanes of at least 4 members (excludes halogenated alkanes) is 1. The minimum absolute atomic E-state index is 0.150. The molecule has 0 aliphatic heterocycles. The number of halogens is 1. The number of carboxylic acid groups (broad SMARTS) is 1. The first-order valence-electron chi connectivity index (χ1n) is 5.27. The first-order chi connectivity index (χ1) is 8.13. The molecule has 0 fully saturated rings. The van der Waals surface area contributed by atoms with Gasteiger partial charge in [-0.2, -0.15) is 11.8 Å². The number of carboxylic acids is 1. The number of aromatic nitrogens is 1. The van der Waals surface area contributed by atoms with E-state index in [2.05, 4.69) is 16.6 Å². The fourth-order valence-corrected chi connectivity index (χ4v) is 2.00. The summed E-state index contributed by atoms with van der Waals surface area (Å²) in [5.74, 6) is 0.643. The van der Waals surface area contributed by atoms with Crippen molar-refractivity contribution in [2.75, 3.05) is 23.9 Å². The van der Waals surface area contributed by atoms with E-state index in [-0.39, 0.29) is 10.7 Å². The summed E-state index contributed by atoms with van der Waals surface area (Å²) in [5.41, 5.74) is 0.150. The molecule has 1 aromatic heterocycles. The number of thioether (sulfide) groups is 1. The maximum Gasteiger partial charge on any atom is 0.335 e. The van der Waals surface area contributed by atoms with Crippen LogP contribution in [0.25, 0.3) is 0 Å². The Kier molecular flexibility index (Phi) is 6.15. The van der Waals surface area contributed by atoms with E-state index in [9.17, 15) is 4.79 Å². The predicted octanol–water partition coefficient (Wildman–Crippen LogP) is 2.99. The van der Waals surface area contributed by atoms with Crippen LogP contribution >= 0.6 is 23.4 Å². The number of anilines is 1. The molecule has 6 heteroatoms. The van der Waals surface area contributed by atoms with Crippen molar-refractivity contribution in [2.45, 2.75) is 12.8 Å². The Bertz CT molecular complexity index is 388. The Hall–Kier alpha value is -0.940. The number of hydrogen-bond acceptors (Lipinski definition) is 4. The molecule has 1 rings (SSSR count). The standard InChI is InChI=1S/C11H15ClN2O2S/c1-17-5-3-2-4-13-10-7-8(11(15)16)6-9(12)14-10/h6-7H,2-5H2,1H3,(H,13,14)(H,15,16). The number of hydrogen-bond donors (Lipinski definition) is 2. The van der Waals surface area contributed by atoms with Crippen molar-refractivity contribution in [1.82, 2.24) is 4.98 Å². The zero-order chi connectivity index (χ0) is 12.7. The third-order valence-corrected chi connectivity index (χ3v) is 3.01. The van der Waals surface area contributed by atoms with E-state index >= 15 is 0 Å². The molecule has 1 aromatic rings. The highest BCUT2D eigenvalue weighted by molar-refractivity contribution is 7.98. The fourth-order valence-electron chi connectivity index (χ4n) is 1.30. The van der Waals surface area contributed by atoms with Gasteiger partial charge in [-0.05, 0) is 37.0 Å². The Morgan fingerprint density at radius 3 is 2.94 bits per heavy atom. The second-order valence-corrected chi connectivity index (χ2v) is 4.87. The molecule has 0 unspecified atom stereocenters. The highest BCUT2D eigenvalue weighted by Crippen LogP contribution is 2.14. The molecule has 1 heterocycles. The van der Waals surface area contributed by atoms with Crippen molar-refractivity contribution in [1.29, 1.82) is 0 Å². The van der Waals surface area contributed by atoms with Crippen molar-refractivity contribution in [2.24, 2.45) is 0 Å². The van der Waals surface area contributed by atoms with Crippen molar-refractivity contribution in [3.05, 3.63) is 22.8 Å². The minimum Gasteiger partial charge on any atom is -0.478 e. The van der Waals surface area contributed by atoms with E-state index in [0.29, 0.717) is 5.82 Å². The predicted molar refractivity (Wildman–Crippen MR) is 72.3 cm³/mol. The number of aromatic carboxylic acids is 1. The molecule has 2 N–H and O–H groups in total. The molecule has 0 radical (unpaired) electrons. The number of pyridine rings is 1. The summed E-state index contributed by atoms with van der Waals surface area (Å²) in [4.78, 5) is 14.8. The Morgan fingerprint density at radius 2 is 2.29 bits per heavy atom. The Labute approximate surface area is 110 Å². The fraction of sp³-hybridized carbons (Fsp3) is 0.455. The van der Waals surface area contributed by atoms with E-state index in [4.69, 9.17) is 16.7 Å². The summed E-state index contributed by atoms with van der Waals surface area (Å²) in [6, 6.07) is 2.82. The van der Waals surface area contributed by atoms with Gasteiger partial charge < -0.3 is 10.4 Å². The van der Waals surface area contributed by atoms with Crippen LogP contribution in [0.3, 0.4) is 0 Å². The summed E-state index contributed by atoms with van der Waals surface area (Å²) in [6.45, 7) is 0.771. The molecule has 0 saturated carbocycles. The summed E-state index contributed by atoms with van der Waals surface area (Å²) in [6.07, 6.45) is 4.23. The first kappa shape index (κ1) is 14.1. The van der Waals surface area contributed by atoms with Gasteiger partial charge >= 0.3 is 5.97 Å². The molecule has 0 bridgehead atoms. The Balaban J connectivity index is 2.50. The van der Waals surface area contributed by atoms with Gasteiger partial charge in [-0.25, -0.2) is 9.78 Å². The molecule has 4 nitrogen and oxygen atoms in total. The Morgan fingerprint density at radius 1 is 1.53 bits per heavy atom. The molecule has 17 heavy (non-hydrogen) atoms. The van der Waals surface area contributed by atoms with E-state index in [1.165, 1.54) is 12.1 Å². The molecular weight excluding hydrogens is 260 g/mol. The minimum atomic E-state index is -1.00. The van der Waals surface area contributed by atoms with Gasteiger partial charge in [-0.1, -0.05) is 11.6 Å². The van der Waals surface area contributed by atoms with Crippen LogP contribution in [0.15, 0.2) is 12.1 Å². The SMILES string of the molecule is CSCCCCNc1cc(C(=O)O)cc(Cl)n1. The van der Waals surface area contributed by atoms with E-state index in [1.54, 1.807) is 0 Å². The average Bonchev–Trinajstić information content (AvgIpc) is 2.28. The monoisotopic (exact) mass is 274 g/mol. The van der Waals surface area contributed by atoms with Gasteiger partial charge in [0.2, 0.25) is 0 Å². The number of nitrogens with one attached hydrogen (secondary N) is 1. The van der Waals surface area contributed by atoms with E-state index in [1.807, 2.05) is 11.8 Å². The lowest BCUT2D eigenvalue weighted by molar-refractivity contribution is 0.0697. The lowest BCUT2D eigenvalue weighted by Crippen LogP contribution is -2.06. The number of nitrogens with zero attached hydrogens (tertiary/aromatic N) is 1. The average molecular weight is 275 g/mol. The van der Waals surface area contributed by atoms with Crippen LogP contribution in [0.5, 0.6) is 0 Å². The molecule has 0 aliphatic rings. The van der Waals surface area contributed by atoms with Gasteiger partial charge in [0, 0.05) is 6.54 Å². The van der Waals surface area contributed by atoms with E-state index in [0.717, 1.165) is 25.1 Å². The van der Waals surface area contributed by atoms with E-state index < -0.39 is 5.97 Å². The number of rotatable bonds is 7. The molecule has 0 aromatic carbocycles. The van der Waals surface area contributed by atoms with Gasteiger partial charge in [-0.15, -0.1) is 0 Å². The zero-order valence-electron chi connectivity index (χ0n) is 9.57. The molecule has 0 spiro atoms. The molecule has 94 valence electrons. The van der Waals surface area contributed by atoms with Crippen molar-refractivity contribution in [3.63, 3.8) is 0 Å². The van der Waals surface area contributed by atoms with Gasteiger partial charge in [-0.3, -0.25) is 0 Å². The summed E-state index contributed by atoms with van der Waals surface area (Å²) in [5, 5.41) is 12.1. The summed E-state index contributed by atoms with van der Waals surface area (Å²) >= 11 is 7.55. The van der Waals surface area contributed by atoms with Crippen LogP contribution in [0.2, 0.25) is 5.15 Å². The highest BCUT2D eigenvalue weighted by atomic mass is 35.5. The second kappa shape index (κ2) is 7.40. The van der Waals surface area contributed by atoms with Crippen LogP contribution < -0.4 is 5.32 Å². The third kappa shape index (κ3) is 5.28. The van der Waals surface area contributed by atoms with Crippen LogP contribution in [-0.4, -0.2) is 34.6 Å². The number of carbonyl (C=O) groups is 1. The maximum atomic E-state index is 10.8. The molecule has 0 atom stereocenters. The molecule has 0 aliphatic carbocycles. The van der Waals surface area contributed by atoms with Crippen LogP contribution in [0, 0.1) is 0 Å². The summed E-state index contributed by atoms with van der Waals surface area (Å²) < 4.78 is 0. The third-order valence-electron chi connectivity index (χ3n) is 2.12. The van der Waals surface area contributed by atoms with Crippen LogP contribution in [0.4, 0.5) is 5.82 Å². The first-order valence-corrected chi connectivity index (χ1v) is 7.04. The lowest BCUT2D eigenvalue weighted by atomic mass is 10.2. The molecular formula is C11H15ClN2O2S. The molecule has 0 amide bonds. The molecule has 0 saturated heterocycles. The van der Waals surface area contributed by atoms with Crippen LogP contribution in [-0.2, 0) is 0 Å². The van der Waals surface area contributed by atoms with Gasteiger partial charge in [0.15, 0.2) is 0 Å². The quantitative estimate of drug-likeness (QED) is 0.591. The maximum absolute atomic E-state index is 10.8. The van der Waals surface area contributed by atoms with Crippen molar-refractivity contribution >= 4 is 35.1 Å². The van der Waals surface area contributed by atoms with Gasteiger partial charge in [0.1, 0.15) is 11.0 Å². The van der Waals surface area contributed by atoms with Gasteiger partial charge in [0.05, 0.1) is 5.56 Å². The lowest BCUT2D eigenvalue weighted by Gasteiger charge is -2.06. The van der Waals surface area contributed by atoms with Crippen molar-refractivity contribution < 1.29 is 9.90 Å². The normalized spacial score (nSPS) is 10.2. The highest BCUT2D eigenvalue weighted by Gasteiger charge is 2.06. The topological polar surface area (TPSA) is 62.2 Å². The van der Waals surface area contributed by atoms with Crippen molar-refractivity contribution in [3.8, 4) is 0 Å². The second-order valence-electron chi connectivity index (χ2n) is 3.50. The smallest absolute Gasteiger partial charge is 0.335 e. The summed E-state index contributed by atoms with van der Waals surface area (Å²) in [7, 11) is 0.